The molecular weight excluding hydrogens is 372 g/mol. The van der Waals surface area contributed by atoms with Crippen molar-refractivity contribution in [2.24, 2.45) is 0 Å². The summed E-state index contributed by atoms with van der Waals surface area (Å²) in [5.74, 6) is 2.06. The first-order chi connectivity index (χ1) is 13.6. The molecule has 4 rings (SSSR count). The van der Waals surface area contributed by atoms with Gasteiger partial charge in [-0.25, -0.2) is 9.97 Å². The number of hydrogen-bond acceptors (Lipinski definition) is 5. The second-order valence-electron chi connectivity index (χ2n) is 7.04. The number of aryl methyl sites for hydroxylation is 2. The van der Waals surface area contributed by atoms with Crippen LogP contribution in [0.3, 0.4) is 0 Å². The Labute approximate surface area is 170 Å². The Balaban J connectivity index is 1.44. The van der Waals surface area contributed by atoms with Crippen LogP contribution in [0.25, 0.3) is 0 Å². The van der Waals surface area contributed by atoms with Gasteiger partial charge in [-0.05, 0) is 49.2 Å². The van der Waals surface area contributed by atoms with Gasteiger partial charge in [-0.1, -0.05) is 29.8 Å². The van der Waals surface area contributed by atoms with Gasteiger partial charge in [0.1, 0.15) is 17.9 Å². The van der Waals surface area contributed by atoms with Crippen LogP contribution in [0.2, 0.25) is 5.02 Å². The molecule has 1 fully saturated rings. The lowest BCUT2D eigenvalue weighted by atomic mass is 10.1. The Kier molecular flexibility index (Phi) is 5.35. The van der Waals surface area contributed by atoms with E-state index in [1.165, 1.54) is 16.8 Å². The van der Waals surface area contributed by atoms with Gasteiger partial charge in [-0.15, -0.1) is 0 Å². The molecule has 28 heavy (non-hydrogen) atoms. The molecule has 1 aliphatic rings. The standard InChI is InChI=1S/C22H23ClN4O/c1-16-6-7-17(2)20(12-16)26-8-10-27(11-9-26)21-14-22(25-15-24-21)28-19-5-3-4-18(23)13-19/h3-7,12-15H,8-11H2,1-2H3. The number of aromatic nitrogens is 2. The van der Waals surface area contributed by atoms with Crippen molar-refractivity contribution in [2.75, 3.05) is 36.0 Å². The predicted molar refractivity (Wildman–Crippen MR) is 114 cm³/mol. The van der Waals surface area contributed by atoms with Crippen molar-refractivity contribution >= 4 is 23.1 Å². The predicted octanol–water partition coefficient (Wildman–Crippen LogP) is 4.87. The van der Waals surface area contributed by atoms with Crippen LogP contribution < -0.4 is 14.5 Å². The SMILES string of the molecule is Cc1ccc(C)c(N2CCN(c3cc(Oc4cccc(Cl)c4)ncn3)CC2)c1. The number of piperazine rings is 1. The quantitative estimate of drug-likeness (QED) is 0.631. The summed E-state index contributed by atoms with van der Waals surface area (Å²) in [5, 5.41) is 0.634. The minimum Gasteiger partial charge on any atom is -0.439 e. The smallest absolute Gasteiger partial charge is 0.224 e. The summed E-state index contributed by atoms with van der Waals surface area (Å²) in [6.45, 7) is 8.03. The fraction of sp³-hybridized carbons (Fsp3) is 0.273. The van der Waals surface area contributed by atoms with Crippen LogP contribution in [0.15, 0.2) is 54.9 Å². The normalized spacial score (nSPS) is 14.2. The summed E-state index contributed by atoms with van der Waals surface area (Å²) in [4.78, 5) is 13.4. The minimum atomic E-state index is 0.518. The summed E-state index contributed by atoms with van der Waals surface area (Å²) in [7, 11) is 0. The van der Waals surface area contributed by atoms with Crippen molar-refractivity contribution in [3.8, 4) is 11.6 Å². The van der Waals surface area contributed by atoms with Gasteiger partial charge in [0.2, 0.25) is 5.88 Å². The first-order valence-electron chi connectivity index (χ1n) is 9.41. The molecule has 2 heterocycles. The topological polar surface area (TPSA) is 41.5 Å². The second-order valence-corrected chi connectivity index (χ2v) is 7.47. The number of nitrogens with zero attached hydrogens (tertiary/aromatic N) is 4. The zero-order valence-electron chi connectivity index (χ0n) is 16.1. The van der Waals surface area contributed by atoms with Gasteiger partial charge in [0, 0.05) is 43.0 Å². The molecule has 0 atom stereocenters. The van der Waals surface area contributed by atoms with Crippen molar-refractivity contribution < 1.29 is 4.74 Å². The van der Waals surface area contributed by atoms with Gasteiger partial charge in [0.25, 0.3) is 0 Å². The van der Waals surface area contributed by atoms with E-state index < -0.39 is 0 Å². The van der Waals surface area contributed by atoms with Crippen molar-refractivity contribution in [3.05, 3.63) is 71.0 Å². The maximum atomic E-state index is 6.02. The van der Waals surface area contributed by atoms with Gasteiger partial charge >= 0.3 is 0 Å². The van der Waals surface area contributed by atoms with Gasteiger partial charge in [-0.3, -0.25) is 0 Å². The van der Waals surface area contributed by atoms with Crippen molar-refractivity contribution in [1.29, 1.82) is 0 Å². The Morgan fingerprint density at radius 2 is 1.68 bits per heavy atom. The van der Waals surface area contributed by atoms with Crippen LogP contribution >= 0.6 is 11.6 Å². The van der Waals surface area contributed by atoms with Gasteiger partial charge < -0.3 is 14.5 Å². The van der Waals surface area contributed by atoms with E-state index in [0.717, 1.165) is 32.0 Å². The van der Waals surface area contributed by atoms with Crippen molar-refractivity contribution in [2.45, 2.75) is 13.8 Å². The number of benzene rings is 2. The summed E-state index contributed by atoms with van der Waals surface area (Å²) in [6.07, 6.45) is 1.55. The molecule has 0 spiro atoms. The first kappa shape index (κ1) is 18.6. The summed E-state index contributed by atoms with van der Waals surface area (Å²) >= 11 is 6.02. The van der Waals surface area contributed by atoms with Gasteiger partial charge in [0.05, 0.1) is 0 Å². The van der Waals surface area contributed by atoms with E-state index in [9.17, 15) is 0 Å². The van der Waals surface area contributed by atoms with Crippen LogP contribution in [0.5, 0.6) is 11.6 Å². The monoisotopic (exact) mass is 394 g/mol. The third-order valence-corrected chi connectivity index (χ3v) is 5.19. The average Bonchev–Trinajstić information content (AvgIpc) is 2.70. The highest BCUT2D eigenvalue weighted by molar-refractivity contribution is 6.30. The lowest BCUT2D eigenvalue weighted by Gasteiger charge is -2.37. The molecule has 2 aromatic carbocycles. The average molecular weight is 395 g/mol. The molecule has 0 radical (unpaired) electrons. The highest BCUT2D eigenvalue weighted by Gasteiger charge is 2.20. The van der Waals surface area contributed by atoms with Crippen molar-refractivity contribution in [3.63, 3.8) is 0 Å². The second kappa shape index (κ2) is 8.07. The van der Waals surface area contributed by atoms with E-state index in [1.807, 2.05) is 24.3 Å². The molecule has 3 aromatic rings. The third-order valence-electron chi connectivity index (χ3n) is 4.96. The highest BCUT2D eigenvalue weighted by atomic mass is 35.5. The maximum absolute atomic E-state index is 6.02. The minimum absolute atomic E-state index is 0.518. The van der Waals surface area contributed by atoms with Crippen LogP contribution in [-0.4, -0.2) is 36.1 Å². The molecule has 0 aliphatic carbocycles. The van der Waals surface area contributed by atoms with Gasteiger partial charge in [0.15, 0.2) is 0 Å². The zero-order chi connectivity index (χ0) is 19.5. The molecule has 0 saturated carbocycles. The summed E-state index contributed by atoms with van der Waals surface area (Å²) in [6, 6.07) is 15.8. The van der Waals surface area contributed by atoms with E-state index in [0.29, 0.717) is 16.7 Å². The molecule has 1 aromatic heterocycles. The Bertz CT molecular complexity index is 970. The molecule has 0 bridgehead atoms. The number of halogens is 1. The van der Waals surface area contributed by atoms with E-state index in [4.69, 9.17) is 16.3 Å². The Morgan fingerprint density at radius 3 is 2.46 bits per heavy atom. The number of hydrogen-bond donors (Lipinski definition) is 0. The number of rotatable bonds is 4. The van der Waals surface area contributed by atoms with Gasteiger partial charge in [-0.2, -0.15) is 0 Å². The molecular formula is C22H23ClN4O. The molecule has 1 aliphatic heterocycles. The summed E-state index contributed by atoms with van der Waals surface area (Å²) < 4.78 is 5.84. The van der Waals surface area contributed by atoms with Crippen molar-refractivity contribution in [1.82, 2.24) is 9.97 Å². The highest BCUT2D eigenvalue weighted by Crippen LogP contribution is 2.27. The largest absolute Gasteiger partial charge is 0.439 e. The van der Waals surface area contributed by atoms with Crippen LogP contribution in [0.1, 0.15) is 11.1 Å². The fourth-order valence-electron chi connectivity index (χ4n) is 3.45. The zero-order valence-corrected chi connectivity index (χ0v) is 16.9. The molecule has 0 amide bonds. The Hall–Kier alpha value is -2.79. The van der Waals surface area contributed by atoms with Crippen LogP contribution in [-0.2, 0) is 0 Å². The molecule has 1 saturated heterocycles. The summed E-state index contributed by atoms with van der Waals surface area (Å²) in [5.41, 5.74) is 3.94. The Morgan fingerprint density at radius 1 is 0.893 bits per heavy atom. The molecule has 144 valence electrons. The van der Waals surface area contributed by atoms with E-state index >= 15 is 0 Å². The molecule has 6 heteroatoms. The lowest BCUT2D eigenvalue weighted by molar-refractivity contribution is 0.461. The van der Waals surface area contributed by atoms with E-state index in [2.05, 4.69) is 51.8 Å². The van der Waals surface area contributed by atoms with Crippen LogP contribution in [0, 0.1) is 13.8 Å². The molecule has 0 N–H and O–H groups in total. The third kappa shape index (κ3) is 4.20. The van der Waals surface area contributed by atoms with E-state index in [1.54, 1.807) is 12.4 Å². The molecule has 0 unspecified atom stereocenters. The number of ether oxygens (including phenoxy) is 1. The molecule has 5 nitrogen and oxygen atoms in total. The lowest BCUT2D eigenvalue weighted by Crippen LogP contribution is -2.47. The first-order valence-corrected chi connectivity index (χ1v) is 9.79. The van der Waals surface area contributed by atoms with Crippen LogP contribution in [0.4, 0.5) is 11.5 Å². The van der Waals surface area contributed by atoms with E-state index in [-0.39, 0.29) is 0 Å². The fourth-order valence-corrected chi connectivity index (χ4v) is 3.63. The number of anilines is 2. The maximum Gasteiger partial charge on any atom is 0.224 e.